The predicted molar refractivity (Wildman–Crippen MR) is 96.6 cm³/mol. The maximum atomic E-state index is 5.71. The summed E-state index contributed by atoms with van der Waals surface area (Å²) in [6.07, 6.45) is 1.01. The largest absolute Gasteiger partial charge is 0.492 e. The number of hydrogen-bond donors (Lipinski definition) is 0. The number of aryl methyl sites for hydroxylation is 2. The monoisotopic (exact) mass is 410 g/mol. The Morgan fingerprint density at radius 3 is 2.33 bits per heavy atom. The molecule has 0 aromatic heterocycles. The minimum absolute atomic E-state index is 0.190. The van der Waals surface area contributed by atoms with Gasteiger partial charge in [0.05, 0.1) is 15.9 Å². The molecular formula is C18H20Br2O. The molecule has 0 amide bonds. The van der Waals surface area contributed by atoms with E-state index in [4.69, 9.17) is 4.74 Å². The lowest BCUT2D eigenvalue weighted by atomic mass is 9.96. The molecule has 0 saturated heterocycles. The van der Waals surface area contributed by atoms with Crippen LogP contribution in [0.4, 0.5) is 0 Å². The van der Waals surface area contributed by atoms with Crippen LogP contribution < -0.4 is 4.74 Å². The highest BCUT2D eigenvalue weighted by atomic mass is 79.9. The molecule has 1 nitrogen and oxygen atoms in total. The Balaban J connectivity index is 2.32. The Kier molecular flexibility index (Phi) is 5.88. The molecular weight excluding hydrogens is 392 g/mol. The van der Waals surface area contributed by atoms with E-state index < -0.39 is 0 Å². The zero-order chi connectivity index (χ0) is 15.4. The summed E-state index contributed by atoms with van der Waals surface area (Å²) in [4.78, 5) is 0.190. The molecule has 0 spiro atoms. The molecule has 0 bridgehead atoms. The van der Waals surface area contributed by atoms with E-state index in [0.29, 0.717) is 0 Å². The molecule has 0 aliphatic heterocycles. The summed E-state index contributed by atoms with van der Waals surface area (Å²) >= 11 is 7.45. The van der Waals surface area contributed by atoms with Crippen LogP contribution in [0, 0.1) is 13.8 Å². The van der Waals surface area contributed by atoms with Crippen molar-refractivity contribution in [2.45, 2.75) is 32.0 Å². The molecule has 21 heavy (non-hydrogen) atoms. The predicted octanol–water partition coefficient (Wildman–Crippen LogP) is 6.34. The molecule has 2 rings (SSSR count). The van der Waals surface area contributed by atoms with Crippen LogP contribution in [0.15, 0.2) is 40.9 Å². The lowest BCUT2D eigenvalue weighted by Crippen LogP contribution is -2.00. The van der Waals surface area contributed by atoms with Gasteiger partial charge in [0.1, 0.15) is 5.75 Å². The molecule has 0 aliphatic rings. The van der Waals surface area contributed by atoms with Crippen molar-refractivity contribution in [3.63, 3.8) is 0 Å². The van der Waals surface area contributed by atoms with E-state index in [1.165, 1.54) is 22.3 Å². The van der Waals surface area contributed by atoms with Crippen LogP contribution in [0.1, 0.15) is 40.4 Å². The highest BCUT2D eigenvalue weighted by molar-refractivity contribution is 9.10. The molecule has 2 aromatic carbocycles. The van der Waals surface area contributed by atoms with Gasteiger partial charge in [0, 0.05) is 0 Å². The van der Waals surface area contributed by atoms with Gasteiger partial charge in [-0.05, 0) is 70.6 Å². The Morgan fingerprint density at radius 2 is 1.76 bits per heavy atom. The third-order valence-corrected chi connectivity index (χ3v) is 5.11. The van der Waals surface area contributed by atoms with Gasteiger partial charge in [-0.25, -0.2) is 0 Å². The number of alkyl halides is 1. The van der Waals surface area contributed by atoms with Crippen LogP contribution in [0.3, 0.4) is 0 Å². The third-order valence-electron chi connectivity index (χ3n) is 3.51. The van der Waals surface area contributed by atoms with Crippen molar-refractivity contribution in [2.24, 2.45) is 0 Å². The highest BCUT2D eigenvalue weighted by Crippen LogP contribution is 2.38. The van der Waals surface area contributed by atoms with Gasteiger partial charge in [0.2, 0.25) is 0 Å². The topological polar surface area (TPSA) is 9.23 Å². The molecule has 0 heterocycles. The molecule has 1 unspecified atom stereocenters. The fraction of sp³-hybridized carbons (Fsp3) is 0.333. The Bertz CT molecular complexity index is 602. The molecule has 112 valence electrons. The SMILES string of the molecule is CCCOc1ccc(C(Br)c2c(C)cccc2C)cc1Br. The van der Waals surface area contributed by atoms with Crippen LogP contribution in [0.2, 0.25) is 0 Å². The van der Waals surface area contributed by atoms with Gasteiger partial charge < -0.3 is 4.74 Å². The zero-order valence-electron chi connectivity index (χ0n) is 12.6. The second-order valence-corrected chi connectivity index (χ2v) is 6.98. The van der Waals surface area contributed by atoms with Gasteiger partial charge in [-0.2, -0.15) is 0 Å². The number of halogens is 2. The summed E-state index contributed by atoms with van der Waals surface area (Å²) in [7, 11) is 0. The van der Waals surface area contributed by atoms with Crippen LogP contribution >= 0.6 is 31.9 Å². The van der Waals surface area contributed by atoms with Gasteiger partial charge >= 0.3 is 0 Å². The summed E-state index contributed by atoms with van der Waals surface area (Å²) in [6.45, 7) is 7.17. The summed E-state index contributed by atoms with van der Waals surface area (Å²) in [5.74, 6) is 0.904. The first-order valence-corrected chi connectivity index (χ1v) is 8.88. The Labute approximate surface area is 144 Å². The van der Waals surface area contributed by atoms with E-state index in [2.05, 4.69) is 83.0 Å². The van der Waals surface area contributed by atoms with E-state index >= 15 is 0 Å². The second kappa shape index (κ2) is 7.46. The standard InChI is InChI=1S/C18H20Br2O/c1-4-10-21-16-9-8-14(11-15(16)19)18(20)17-12(2)6-5-7-13(17)3/h5-9,11,18H,4,10H2,1-3H3. The van der Waals surface area contributed by atoms with E-state index in [1.807, 2.05) is 6.07 Å². The fourth-order valence-corrected chi connectivity index (χ4v) is 3.92. The molecule has 0 N–H and O–H groups in total. The van der Waals surface area contributed by atoms with Crippen molar-refractivity contribution < 1.29 is 4.74 Å². The second-order valence-electron chi connectivity index (χ2n) is 5.21. The average Bonchev–Trinajstić information content (AvgIpc) is 2.45. The normalized spacial score (nSPS) is 12.2. The maximum Gasteiger partial charge on any atom is 0.133 e. The highest BCUT2D eigenvalue weighted by Gasteiger charge is 2.16. The van der Waals surface area contributed by atoms with Crippen LogP contribution in [0.25, 0.3) is 0 Å². The zero-order valence-corrected chi connectivity index (χ0v) is 15.8. The molecule has 3 heteroatoms. The number of hydrogen-bond acceptors (Lipinski definition) is 1. The maximum absolute atomic E-state index is 5.71. The molecule has 2 aromatic rings. The van der Waals surface area contributed by atoms with Crippen molar-refractivity contribution in [1.82, 2.24) is 0 Å². The van der Waals surface area contributed by atoms with Crippen LogP contribution in [-0.2, 0) is 0 Å². The van der Waals surface area contributed by atoms with Crippen molar-refractivity contribution >= 4 is 31.9 Å². The number of ether oxygens (including phenoxy) is 1. The third kappa shape index (κ3) is 3.89. The summed E-state index contributed by atoms with van der Waals surface area (Å²) < 4.78 is 6.72. The van der Waals surface area contributed by atoms with Crippen molar-refractivity contribution in [1.29, 1.82) is 0 Å². The summed E-state index contributed by atoms with van der Waals surface area (Å²) in [5, 5.41) is 0. The smallest absolute Gasteiger partial charge is 0.133 e. The number of benzene rings is 2. The molecule has 0 fully saturated rings. The van der Waals surface area contributed by atoms with Gasteiger partial charge in [-0.15, -0.1) is 0 Å². The van der Waals surface area contributed by atoms with E-state index in [9.17, 15) is 0 Å². The van der Waals surface area contributed by atoms with Crippen LogP contribution in [-0.4, -0.2) is 6.61 Å². The van der Waals surface area contributed by atoms with E-state index in [1.54, 1.807) is 0 Å². The summed E-state index contributed by atoms with van der Waals surface area (Å²) in [5.41, 5.74) is 5.17. The number of rotatable bonds is 5. The summed E-state index contributed by atoms with van der Waals surface area (Å²) in [6, 6.07) is 12.7. The Morgan fingerprint density at radius 1 is 1.10 bits per heavy atom. The van der Waals surface area contributed by atoms with Gasteiger partial charge in [-0.3, -0.25) is 0 Å². The van der Waals surface area contributed by atoms with E-state index in [-0.39, 0.29) is 4.83 Å². The first-order chi connectivity index (χ1) is 10.0. The van der Waals surface area contributed by atoms with Crippen molar-refractivity contribution in [3.8, 4) is 5.75 Å². The van der Waals surface area contributed by atoms with Crippen LogP contribution in [0.5, 0.6) is 5.75 Å². The van der Waals surface area contributed by atoms with Gasteiger partial charge in [0.25, 0.3) is 0 Å². The molecule has 0 aliphatic carbocycles. The first kappa shape index (κ1) is 16.6. The van der Waals surface area contributed by atoms with Gasteiger partial charge in [0.15, 0.2) is 0 Å². The lowest BCUT2D eigenvalue weighted by molar-refractivity contribution is 0.315. The van der Waals surface area contributed by atoms with Crippen molar-refractivity contribution in [2.75, 3.05) is 6.61 Å². The quantitative estimate of drug-likeness (QED) is 0.521. The fourth-order valence-electron chi connectivity index (χ4n) is 2.40. The van der Waals surface area contributed by atoms with E-state index in [0.717, 1.165) is 23.2 Å². The molecule has 1 atom stereocenters. The first-order valence-electron chi connectivity index (χ1n) is 7.17. The minimum atomic E-state index is 0.190. The molecule has 0 saturated carbocycles. The average molecular weight is 412 g/mol. The lowest BCUT2D eigenvalue weighted by Gasteiger charge is -2.17. The Hall–Kier alpha value is -0.800. The van der Waals surface area contributed by atoms with Crippen molar-refractivity contribution in [3.05, 3.63) is 63.1 Å². The molecule has 0 radical (unpaired) electrons. The minimum Gasteiger partial charge on any atom is -0.492 e. The van der Waals surface area contributed by atoms with Gasteiger partial charge in [-0.1, -0.05) is 47.1 Å².